The van der Waals surface area contributed by atoms with Gasteiger partial charge in [-0.3, -0.25) is 0 Å². The summed E-state index contributed by atoms with van der Waals surface area (Å²) < 4.78 is 5.02. The van der Waals surface area contributed by atoms with Gasteiger partial charge in [0.05, 0.1) is 12.1 Å². The fraction of sp³-hybridized carbons (Fsp3) is 0.933. The van der Waals surface area contributed by atoms with Crippen LogP contribution in [0.5, 0.6) is 0 Å². The molecule has 0 spiro atoms. The Balaban J connectivity index is 1.68. The summed E-state index contributed by atoms with van der Waals surface area (Å²) in [7, 11) is 1.67. The number of nitrogens with zero attached hydrogens (tertiary/aromatic N) is 1. The largest absolute Gasteiger partial charge is 0.383 e. The molecule has 2 N–H and O–H groups in total. The molecule has 0 aromatic carbocycles. The smallest absolute Gasteiger partial charge is 0.317 e. The Morgan fingerprint density at radius 1 is 1.40 bits per heavy atom. The summed E-state index contributed by atoms with van der Waals surface area (Å²) in [6.07, 6.45) is 6.21. The van der Waals surface area contributed by atoms with Crippen LogP contribution < -0.4 is 10.6 Å². The van der Waals surface area contributed by atoms with Crippen LogP contribution in [0.3, 0.4) is 0 Å². The highest BCUT2D eigenvalue weighted by Crippen LogP contribution is 2.55. The molecule has 5 nitrogen and oxygen atoms in total. The number of likely N-dealkylation sites (tertiary alicyclic amines) is 1. The first-order chi connectivity index (χ1) is 9.79. The minimum absolute atomic E-state index is 0.120. The van der Waals surface area contributed by atoms with Crippen LogP contribution in [0.25, 0.3) is 0 Å². The van der Waals surface area contributed by atoms with Crippen molar-refractivity contribution in [1.82, 2.24) is 15.5 Å². The van der Waals surface area contributed by atoms with Crippen molar-refractivity contribution in [1.29, 1.82) is 0 Å². The molecule has 3 unspecified atom stereocenters. The third kappa shape index (κ3) is 2.21. The first kappa shape index (κ1) is 14.1. The molecule has 2 amide bonds. The van der Waals surface area contributed by atoms with E-state index in [4.69, 9.17) is 4.74 Å². The molecular formula is C15H27N3O2. The third-order valence-corrected chi connectivity index (χ3v) is 5.64. The van der Waals surface area contributed by atoms with E-state index in [1.165, 1.54) is 32.1 Å². The zero-order valence-corrected chi connectivity index (χ0v) is 12.5. The number of amides is 2. The van der Waals surface area contributed by atoms with E-state index in [0.717, 1.165) is 25.6 Å². The summed E-state index contributed by atoms with van der Waals surface area (Å²) >= 11 is 0. The van der Waals surface area contributed by atoms with Crippen LogP contribution in [0.1, 0.15) is 32.1 Å². The number of fused-ring (bicyclic) bond motifs is 1. The topological polar surface area (TPSA) is 53.6 Å². The number of carbonyl (C=O) groups is 1. The van der Waals surface area contributed by atoms with E-state index < -0.39 is 0 Å². The van der Waals surface area contributed by atoms with Gasteiger partial charge in [0.1, 0.15) is 0 Å². The molecule has 3 atom stereocenters. The molecule has 0 aromatic rings. The highest BCUT2D eigenvalue weighted by Gasteiger charge is 2.60. The second-order valence-corrected chi connectivity index (χ2v) is 6.44. The third-order valence-electron chi connectivity index (χ3n) is 5.64. The van der Waals surface area contributed by atoms with E-state index in [0.29, 0.717) is 19.1 Å². The molecule has 3 fully saturated rings. The highest BCUT2D eigenvalue weighted by molar-refractivity contribution is 5.76. The number of rotatable bonds is 4. The molecule has 5 heteroatoms. The van der Waals surface area contributed by atoms with Crippen LogP contribution in [0, 0.1) is 11.8 Å². The quantitative estimate of drug-likeness (QED) is 0.761. The van der Waals surface area contributed by atoms with Gasteiger partial charge in [-0.2, -0.15) is 0 Å². The summed E-state index contributed by atoms with van der Waals surface area (Å²) in [5.41, 5.74) is 0.157. The van der Waals surface area contributed by atoms with Crippen molar-refractivity contribution in [2.24, 2.45) is 11.8 Å². The molecule has 114 valence electrons. The molecule has 1 aliphatic carbocycles. The summed E-state index contributed by atoms with van der Waals surface area (Å²) in [5.74, 6) is 1.38. The van der Waals surface area contributed by atoms with Crippen LogP contribution in [0.4, 0.5) is 4.79 Å². The Labute approximate surface area is 121 Å². The van der Waals surface area contributed by atoms with Crippen molar-refractivity contribution < 1.29 is 9.53 Å². The van der Waals surface area contributed by atoms with Crippen molar-refractivity contribution in [2.75, 3.05) is 39.9 Å². The monoisotopic (exact) mass is 281 g/mol. The number of methoxy groups -OCH3 is 1. The van der Waals surface area contributed by atoms with Crippen molar-refractivity contribution in [3.63, 3.8) is 0 Å². The van der Waals surface area contributed by atoms with Gasteiger partial charge in [0.15, 0.2) is 0 Å². The molecule has 3 aliphatic rings. The maximum absolute atomic E-state index is 12.5. The average molecular weight is 281 g/mol. The predicted molar refractivity (Wildman–Crippen MR) is 77.6 cm³/mol. The Morgan fingerprint density at radius 3 is 2.95 bits per heavy atom. The van der Waals surface area contributed by atoms with E-state index in [-0.39, 0.29) is 11.6 Å². The molecule has 2 saturated heterocycles. The zero-order chi connectivity index (χ0) is 14.0. The lowest BCUT2D eigenvalue weighted by molar-refractivity contribution is -0.0206. The standard InChI is InChI=1S/C15H27N3O2/c1-20-10-8-17-14(19)18-9-5-12-4-6-15(12,18)13-3-2-7-16-11-13/h12-13,16H,2-11H2,1H3,(H,17,19). The minimum atomic E-state index is 0.120. The first-order valence-electron chi connectivity index (χ1n) is 8.04. The molecule has 0 bridgehead atoms. The van der Waals surface area contributed by atoms with Crippen LogP contribution in [0.2, 0.25) is 0 Å². The minimum Gasteiger partial charge on any atom is -0.383 e. The summed E-state index contributed by atoms with van der Waals surface area (Å²) in [6, 6.07) is 0.120. The average Bonchev–Trinajstić information content (AvgIpc) is 2.72. The molecular weight excluding hydrogens is 254 g/mol. The second-order valence-electron chi connectivity index (χ2n) is 6.44. The van der Waals surface area contributed by atoms with Crippen molar-refractivity contribution >= 4 is 6.03 Å². The van der Waals surface area contributed by atoms with E-state index >= 15 is 0 Å². The number of hydrogen-bond acceptors (Lipinski definition) is 3. The lowest BCUT2D eigenvalue weighted by Crippen LogP contribution is -2.65. The fourth-order valence-electron chi connectivity index (χ4n) is 4.57. The van der Waals surface area contributed by atoms with E-state index in [1.807, 2.05) is 0 Å². The SMILES string of the molecule is COCCNC(=O)N1CCC2CCC21C1CCCNC1. The van der Waals surface area contributed by atoms with Gasteiger partial charge in [-0.15, -0.1) is 0 Å². The van der Waals surface area contributed by atoms with Crippen molar-refractivity contribution in [2.45, 2.75) is 37.6 Å². The van der Waals surface area contributed by atoms with Gasteiger partial charge in [0.25, 0.3) is 0 Å². The van der Waals surface area contributed by atoms with Crippen LogP contribution >= 0.6 is 0 Å². The summed E-state index contributed by atoms with van der Waals surface area (Å²) in [4.78, 5) is 14.7. The summed E-state index contributed by atoms with van der Waals surface area (Å²) in [6.45, 7) is 4.34. The van der Waals surface area contributed by atoms with E-state index in [2.05, 4.69) is 15.5 Å². The van der Waals surface area contributed by atoms with Gasteiger partial charge in [-0.1, -0.05) is 0 Å². The first-order valence-corrected chi connectivity index (χ1v) is 8.04. The van der Waals surface area contributed by atoms with Gasteiger partial charge in [-0.25, -0.2) is 4.79 Å². The Bertz CT molecular complexity index is 357. The van der Waals surface area contributed by atoms with Crippen LogP contribution in [-0.2, 0) is 4.74 Å². The van der Waals surface area contributed by atoms with Crippen molar-refractivity contribution in [3.8, 4) is 0 Å². The fourth-order valence-corrected chi connectivity index (χ4v) is 4.57. The molecule has 2 aliphatic heterocycles. The number of urea groups is 1. The summed E-state index contributed by atoms with van der Waals surface area (Å²) in [5, 5.41) is 6.54. The second kappa shape index (κ2) is 5.90. The van der Waals surface area contributed by atoms with E-state index in [1.54, 1.807) is 7.11 Å². The zero-order valence-electron chi connectivity index (χ0n) is 12.5. The van der Waals surface area contributed by atoms with Crippen LogP contribution in [0.15, 0.2) is 0 Å². The molecule has 2 heterocycles. The predicted octanol–water partition coefficient (Wildman–Crippen LogP) is 1.20. The number of piperidine rings is 1. The van der Waals surface area contributed by atoms with Gasteiger partial charge >= 0.3 is 6.03 Å². The van der Waals surface area contributed by atoms with Crippen LogP contribution in [-0.4, -0.2) is 56.4 Å². The van der Waals surface area contributed by atoms with E-state index in [9.17, 15) is 4.79 Å². The van der Waals surface area contributed by atoms with Gasteiger partial charge in [0, 0.05) is 26.7 Å². The number of carbonyl (C=O) groups excluding carboxylic acids is 1. The normalized spacial score (nSPS) is 36.4. The van der Waals surface area contributed by atoms with Gasteiger partial charge in [0.2, 0.25) is 0 Å². The van der Waals surface area contributed by atoms with Gasteiger partial charge in [-0.05, 0) is 50.5 Å². The molecule has 3 rings (SSSR count). The Morgan fingerprint density at radius 2 is 2.30 bits per heavy atom. The molecule has 20 heavy (non-hydrogen) atoms. The lowest BCUT2D eigenvalue weighted by Gasteiger charge is -2.55. The van der Waals surface area contributed by atoms with Gasteiger partial charge < -0.3 is 20.3 Å². The Kier molecular flexibility index (Phi) is 4.17. The molecule has 0 radical (unpaired) electrons. The molecule has 0 aromatic heterocycles. The lowest BCUT2D eigenvalue weighted by atomic mass is 9.59. The number of nitrogens with one attached hydrogen (secondary N) is 2. The maximum Gasteiger partial charge on any atom is 0.317 e. The number of hydrogen-bond donors (Lipinski definition) is 2. The Hall–Kier alpha value is -0.810. The molecule has 1 saturated carbocycles. The maximum atomic E-state index is 12.5. The highest BCUT2D eigenvalue weighted by atomic mass is 16.5. The number of ether oxygens (including phenoxy) is 1. The van der Waals surface area contributed by atoms with Crippen molar-refractivity contribution in [3.05, 3.63) is 0 Å².